The number of carbonyl (C=O) groups is 2. The van der Waals surface area contributed by atoms with Gasteiger partial charge in [0, 0.05) is 16.5 Å². The van der Waals surface area contributed by atoms with E-state index in [0.717, 1.165) is 10.1 Å². The molecule has 1 N–H and O–H groups in total. The highest BCUT2D eigenvalue weighted by atomic mass is 32.1. The number of hydrogen-bond acceptors (Lipinski definition) is 6. The molecule has 0 spiro atoms. The van der Waals surface area contributed by atoms with Crippen LogP contribution in [0.25, 0.3) is 10.1 Å². The maximum Gasteiger partial charge on any atom is 0.349 e. The molecule has 6 nitrogen and oxygen atoms in total. The van der Waals surface area contributed by atoms with Gasteiger partial charge in [-0.25, -0.2) is 4.79 Å². The monoisotopic (exact) mass is 369 g/mol. The first-order chi connectivity index (χ1) is 12.6. The highest BCUT2D eigenvalue weighted by Gasteiger charge is 2.21. The molecule has 0 saturated heterocycles. The van der Waals surface area contributed by atoms with Gasteiger partial charge in [0.25, 0.3) is 5.91 Å². The summed E-state index contributed by atoms with van der Waals surface area (Å²) in [4.78, 5) is 25.1. The summed E-state index contributed by atoms with van der Waals surface area (Å²) >= 11 is 1.34. The standard InChI is InChI=1S/C19H15NO5S/c1-11(18(21)20-13-6-7-14-15(9-13)24-10-23-14)25-19(22)17-8-12-4-2-3-5-16(12)26-17/h2-9,11H,10H2,1H3,(H,20,21)/t11-/m0/s1. The van der Waals surface area contributed by atoms with Gasteiger partial charge in [0.1, 0.15) is 4.88 Å². The van der Waals surface area contributed by atoms with Crippen LogP contribution in [-0.4, -0.2) is 24.8 Å². The quantitative estimate of drug-likeness (QED) is 0.708. The molecule has 3 aromatic rings. The Hall–Kier alpha value is -3.06. The SMILES string of the molecule is C[C@H](OC(=O)c1cc2ccccc2s1)C(=O)Nc1ccc2c(c1)OCO2. The summed E-state index contributed by atoms with van der Waals surface area (Å²) in [6.45, 7) is 1.70. The molecule has 0 aliphatic carbocycles. The zero-order valence-corrected chi connectivity index (χ0v) is 14.7. The van der Waals surface area contributed by atoms with Gasteiger partial charge < -0.3 is 19.5 Å². The number of anilines is 1. The second-order valence-corrected chi connectivity index (χ2v) is 6.84. The van der Waals surface area contributed by atoms with Crippen molar-refractivity contribution in [3.8, 4) is 11.5 Å². The first kappa shape index (κ1) is 16.4. The minimum atomic E-state index is -0.932. The lowest BCUT2D eigenvalue weighted by Crippen LogP contribution is -2.29. The molecule has 1 atom stereocenters. The summed E-state index contributed by atoms with van der Waals surface area (Å²) in [5, 5.41) is 3.68. The van der Waals surface area contributed by atoms with Gasteiger partial charge in [0.2, 0.25) is 6.79 Å². The van der Waals surface area contributed by atoms with Crippen molar-refractivity contribution in [2.75, 3.05) is 12.1 Å². The van der Waals surface area contributed by atoms with Crippen LogP contribution in [0.4, 0.5) is 5.69 Å². The molecule has 1 amide bonds. The Bertz CT molecular complexity index is 964. The number of amides is 1. The third-order valence-corrected chi connectivity index (χ3v) is 5.02. The van der Waals surface area contributed by atoms with Crippen LogP contribution in [0.2, 0.25) is 0 Å². The van der Waals surface area contributed by atoms with E-state index >= 15 is 0 Å². The van der Waals surface area contributed by atoms with Crippen molar-refractivity contribution in [3.63, 3.8) is 0 Å². The molecule has 0 fully saturated rings. The van der Waals surface area contributed by atoms with E-state index in [4.69, 9.17) is 14.2 Å². The molecule has 2 aromatic carbocycles. The van der Waals surface area contributed by atoms with Gasteiger partial charge >= 0.3 is 5.97 Å². The van der Waals surface area contributed by atoms with Crippen molar-refractivity contribution < 1.29 is 23.8 Å². The lowest BCUT2D eigenvalue weighted by atomic mass is 10.2. The molecule has 1 aliphatic heterocycles. The predicted octanol–water partition coefficient (Wildman–Crippen LogP) is 3.81. The highest BCUT2D eigenvalue weighted by Crippen LogP contribution is 2.34. The Morgan fingerprint density at radius 2 is 1.92 bits per heavy atom. The van der Waals surface area contributed by atoms with E-state index in [1.54, 1.807) is 24.3 Å². The van der Waals surface area contributed by atoms with Crippen molar-refractivity contribution in [2.24, 2.45) is 0 Å². The Morgan fingerprint density at radius 1 is 1.12 bits per heavy atom. The molecule has 0 bridgehead atoms. The Labute approximate surface area is 153 Å². The minimum Gasteiger partial charge on any atom is -0.454 e. The van der Waals surface area contributed by atoms with Gasteiger partial charge in [-0.15, -0.1) is 11.3 Å². The molecule has 0 radical (unpaired) electrons. The third kappa shape index (κ3) is 3.21. The molecule has 26 heavy (non-hydrogen) atoms. The Balaban J connectivity index is 1.41. The number of esters is 1. The molecule has 2 heterocycles. The van der Waals surface area contributed by atoms with E-state index in [-0.39, 0.29) is 6.79 Å². The summed E-state index contributed by atoms with van der Waals surface area (Å²) < 4.78 is 16.8. The fraction of sp³-hybridized carbons (Fsp3) is 0.158. The van der Waals surface area contributed by atoms with E-state index < -0.39 is 18.0 Å². The fourth-order valence-electron chi connectivity index (χ4n) is 2.57. The first-order valence-electron chi connectivity index (χ1n) is 8.00. The molecule has 7 heteroatoms. The molecule has 0 saturated carbocycles. The second kappa shape index (κ2) is 6.68. The lowest BCUT2D eigenvalue weighted by molar-refractivity contribution is -0.123. The average Bonchev–Trinajstić information content (AvgIpc) is 3.27. The lowest BCUT2D eigenvalue weighted by Gasteiger charge is -2.13. The first-order valence-corrected chi connectivity index (χ1v) is 8.82. The van der Waals surface area contributed by atoms with Gasteiger partial charge in [0.05, 0.1) is 0 Å². The number of fused-ring (bicyclic) bond motifs is 2. The molecular formula is C19H15NO5S. The maximum atomic E-state index is 12.3. The zero-order valence-electron chi connectivity index (χ0n) is 13.9. The van der Waals surface area contributed by atoms with Gasteiger partial charge in [-0.3, -0.25) is 4.79 Å². The number of ether oxygens (including phenoxy) is 3. The number of rotatable bonds is 4. The summed E-state index contributed by atoms with van der Waals surface area (Å²) in [6.07, 6.45) is -0.932. The normalized spacial score (nSPS) is 13.4. The number of hydrogen-bond donors (Lipinski definition) is 1. The van der Waals surface area contributed by atoms with E-state index in [2.05, 4.69) is 5.32 Å². The number of nitrogens with one attached hydrogen (secondary N) is 1. The van der Waals surface area contributed by atoms with E-state index in [9.17, 15) is 9.59 Å². The van der Waals surface area contributed by atoms with Crippen molar-refractivity contribution >= 4 is 39.0 Å². The fourth-order valence-corrected chi connectivity index (χ4v) is 3.52. The molecular weight excluding hydrogens is 354 g/mol. The van der Waals surface area contributed by atoms with Crippen molar-refractivity contribution in [1.29, 1.82) is 0 Å². The largest absolute Gasteiger partial charge is 0.454 e. The summed E-state index contributed by atoms with van der Waals surface area (Å²) in [7, 11) is 0. The topological polar surface area (TPSA) is 73.9 Å². The van der Waals surface area contributed by atoms with Crippen molar-refractivity contribution in [1.82, 2.24) is 0 Å². The van der Waals surface area contributed by atoms with Crippen LogP contribution < -0.4 is 14.8 Å². The second-order valence-electron chi connectivity index (χ2n) is 5.75. The minimum absolute atomic E-state index is 0.163. The number of carbonyl (C=O) groups excluding carboxylic acids is 2. The van der Waals surface area contributed by atoms with E-state index in [1.165, 1.54) is 18.3 Å². The molecule has 132 valence electrons. The molecule has 1 aromatic heterocycles. The third-order valence-electron chi connectivity index (χ3n) is 3.92. The summed E-state index contributed by atoms with van der Waals surface area (Å²) in [5.74, 6) is 0.267. The molecule has 0 unspecified atom stereocenters. The van der Waals surface area contributed by atoms with Gasteiger partial charge in [-0.05, 0) is 36.6 Å². The Kier molecular flexibility index (Phi) is 4.22. The zero-order chi connectivity index (χ0) is 18.1. The summed E-state index contributed by atoms with van der Waals surface area (Å²) in [6, 6.07) is 14.5. The van der Waals surface area contributed by atoms with Gasteiger partial charge in [-0.1, -0.05) is 18.2 Å². The van der Waals surface area contributed by atoms with Crippen LogP contribution in [0.5, 0.6) is 11.5 Å². The van der Waals surface area contributed by atoms with Crippen LogP contribution in [0.15, 0.2) is 48.5 Å². The number of thiophene rings is 1. The van der Waals surface area contributed by atoms with Gasteiger partial charge in [-0.2, -0.15) is 0 Å². The Morgan fingerprint density at radius 3 is 2.77 bits per heavy atom. The van der Waals surface area contributed by atoms with Crippen LogP contribution in [-0.2, 0) is 9.53 Å². The van der Waals surface area contributed by atoms with Crippen LogP contribution >= 0.6 is 11.3 Å². The molecule has 4 rings (SSSR count). The highest BCUT2D eigenvalue weighted by molar-refractivity contribution is 7.20. The predicted molar refractivity (Wildman–Crippen MR) is 97.9 cm³/mol. The van der Waals surface area contributed by atoms with E-state index in [0.29, 0.717) is 22.1 Å². The summed E-state index contributed by atoms with van der Waals surface area (Å²) in [5.41, 5.74) is 0.545. The molecule has 1 aliphatic rings. The van der Waals surface area contributed by atoms with E-state index in [1.807, 2.05) is 24.3 Å². The number of benzene rings is 2. The average molecular weight is 369 g/mol. The van der Waals surface area contributed by atoms with Crippen molar-refractivity contribution in [2.45, 2.75) is 13.0 Å². The van der Waals surface area contributed by atoms with Crippen LogP contribution in [0.1, 0.15) is 16.6 Å². The van der Waals surface area contributed by atoms with Crippen molar-refractivity contribution in [3.05, 3.63) is 53.4 Å². The smallest absolute Gasteiger partial charge is 0.349 e. The van der Waals surface area contributed by atoms with Crippen LogP contribution in [0.3, 0.4) is 0 Å². The maximum absolute atomic E-state index is 12.3. The van der Waals surface area contributed by atoms with Gasteiger partial charge in [0.15, 0.2) is 17.6 Å². The van der Waals surface area contributed by atoms with Crippen LogP contribution in [0, 0.1) is 0 Å².